The molecule has 0 unspecified atom stereocenters. The van der Waals surface area contributed by atoms with Crippen LogP contribution in [0.1, 0.15) is 42.3 Å². The minimum absolute atomic E-state index is 0. The van der Waals surface area contributed by atoms with Crippen molar-refractivity contribution >= 4 is 18.4 Å². The molecule has 1 aliphatic heterocycles. The van der Waals surface area contributed by atoms with Gasteiger partial charge in [0, 0.05) is 36.8 Å². The van der Waals surface area contributed by atoms with Gasteiger partial charge < -0.3 is 10.5 Å². The number of nitrogens with zero attached hydrogens (tertiary/aromatic N) is 3. The maximum atomic E-state index is 12.0. The van der Waals surface area contributed by atoms with Crippen molar-refractivity contribution in [2.45, 2.75) is 52.8 Å². The van der Waals surface area contributed by atoms with Crippen molar-refractivity contribution in [3.63, 3.8) is 0 Å². The molecule has 6 nitrogen and oxygen atoms in total. The fourth-order valence-corrected chi connectivity index (χ4v) is 4.17. The van der Waals surface area contributed by atoms with Crippen LogP contribution in [0.4, 0.5) is 0 Å². The first kappa shape index (κ1) is 23.4. The second kappa shape index (κ2) is 10.2. The Morgan fingerprint density at radius 3 is 2.55 bits per heavy atom. The lowest BCUT2D eigenvalue weighted by Gasteiger charge is -2.17. The van der Waals surface area contributed by atoms with Gasteiger partial charge in [-0.05, 0) is 45.7 Å². The van der Waals surface area contributed by atoms with E-state index in [1.165, 1.54) is 11.1 Å². The zero-order valence-electron chi connectivity index (χ0n) is 17.8. The molecule has 0 saturated carbocycles. The van der Waals surface area contributed by atoms with E-state index in [-0.39, 0.29) is 31.0 Å². The van der Waals surface area contributed by atoms with Gasteiger partial charge in [-0.1, -0.05) is 30.3 Å². The second-order valence-corrected chi connectivity index (χ2v) is 8.05. The first-order valence-electron chi connectivity index (χ1n) is 10.1. The summed E-state index contributed by atoms with van der Waals surface area (Å²) in [5.41, 5.74) is 10.6. The van der Waals surface area contributed by atoms with Crippen LogP contribution in [0.25, 0.3) is 0 Å². The largest absolute Gasteiger partial charge is 0.462 e. The third-order valence-electron chi connectivity index (χ3n) is 5.61. The average molecular weight is 421 g/mol. The van der Waals surface area contributed by atoms with Crippen LogP contribution < -0.4 is 5.73 Å². The zero-order valence-corrected chi connectivity index (χ0v) is 18.6. The summed E-state index contributed by atoms with van der Waals surface area (Å²) in [6.45, 7) is 11.4. The summed E-state index contributed by atoms with van der Waals surface area (Å²) in [6.07, 6.45) is -0.114. The number of nitrogens with two attached hydrogens (primary N) is 1. The summed E-state index contributed by atoms with van der Waals surface area (Å²) in [6, 6.07) is 10.6. The van der Waals surface area contributed by atoms with E-state index in [0.717, 1.165) is 31.0 Å². The molecule has 1 saturated heterocycles. The molecule has 2 atom stereocenters. The minimum Gasteiger partial charge on any atom is -0.462 e. The molecule has 0 spiro atoms. The molecule has 1 aliphatic rings. The van der Waals surface area contributed by atoms with E-state index in [0.29, 0.717) is 18.4 Å². The van der Waals surface area contributed by atoms with Gasteiger partial charge >= 0.3 is 5.97 Å². The van der Waals surface area contributed by atoms with Crippen molar-refractivity contribution in [3.05, 3.63) is 52.8 Å². The highest BCUT2D eigenvalue weighted by Gasteiger charge is 2.33. The SMILES string of the molecule is Cc1nn(CC(=O)OC(C)C)c(C)c1CN1C[C@@H](CN)[C@H](c2ccccc2)C1.Cl. The molecule has 0 aliphatic carbocycles. The van der Waals surface area contributed by atoms with Crippen LogP contribution in [0.5, 0.6) is 0 Å². The minimum atomic E-state index is -0.249. The van der Waals surface area contributed by atoms with Crippen LogP contribution in [-0.4, -0.2) is 46.4 Å². The van der Waals surface area contributed by atoms with E-state index in [2.05, 4.69) is 40.3 Å². The molecule has 1 aromatic heterocycles. The summed E-state index contributed by atoms with van der Waals surface area (Å²) in [7, 11) is 0. The predicted molar refractivity (Wildman–Crippen MR) is 117 cm³/mol. The lowest BCUT2D eigenvalue weighted by atomic mass is 9.89. The van der Waals surface area contributed by atoms with Crippen LogP contribution in [0.2, 0.25) is 0 Å². The normalized spacial score (nSPS) is 19.4. The van der Waals surface area contributed by atoms with Crippen LogP contribution in [-0.2, 0) is 22.6 Å². The number of rotatable bonds is 7. The summed E-state index contributed by atoms with van der Waals surface area (Å²) in [4.78, 5) is 14.5. The fourth-order valence-electron chi connectivity index (χ4n) is 4.17. The Balaban J connectivity index is 0.00000300. The molecular weight excluding hydrogens is 388 g/mol. The Morgan fingerprint density at radius 1 is 1.24 bits per heavy atom. The summed E-state index contributed by atoms with van der Waals surface area (Å²) in [5, 5.41) is 4.58. The van der Waals surface area contributed by atoms with Crippen LogP contribution in [0.3, 0.4) is 0 Å². The molecule has 7 heteroatoms. The molecule has 0 amide bonds. The molecule has 160 valence electrons. The standard InChI is InChI=1S/C22H32N4O2.ClH/c1-15(2)28-22(27)14-26-17(4)20(16(3)24-26)12-25-11-19(10-23)21(13-25)18-8-6-5-7-9-18;/h5-9,15,19,21H,10-14,23H2,1-4H3;1H/t19-,21+;/m1./s1. The topological polar surface area (TPSA) is 73.4 Å². The monoisotopic (exact) mass is 420 g/mol. The van der Waals surface area contributed by atoms with Gasteiger partial charge in [0.05, 0.1) is 11.8 Å². The maximum absolute atomic E-state index is 12.0. The van der Waals surface area contributed by atoms with Crippen molar-refractivity contribution < 1.29 is 9.53 Å². The number of ether oxygens (including phenoxy) is 1. The maximum Gasteiger partial charge on any atom is 0.328 e. The Hall–Kier alpha value is -1.89. The zero-order chi connectivity index (χ0) is 20.3. The number of likely N-dealkylation sites (tertiary alicyclic amines) is 1. The number of benzene rings is 1. The Kier molecular flexibility index (Phi) is 8.25. The molecule has 2 N–H and O–H groups in total. The Labute approximate surface area is 179 Å². The summed E-state index contributed by atoms with van der Waals surface area (Å²) < 4.78 is 7.02. The molecule has 0 bridgehead atoms. The number of aromatic nitrogens is 2. The lowest BCUT2D eigenvalue weighted by Crippen LogP contribution is -2.23. The van der Waals surface area contributed by atoms with Crippen LogP contribution >= 0.6 is 12.4 Å². The summed E-state index contributed by atoms with van der Waals surface area (Å²) >= 11 is 0. The third kappa shape index (κ3) is 5.59. The lowest BCUT2D eigenvalue weighted by molar-refractivity contribution is -0.148. The van der Waals surface area contributed by atoms with E-state index >= 15 is 0 Å². The molecule has 3 rings (SSSR count). The molecule has 29 heavy (non-hydrogen) atoms. The quantitative estimate of drug-likeness (QED) is 0.697. The summed E-state index contributed by atoms with van der Waals surface area (Å²) in [5.74, 6) is 0.669. The van der Waals surface area contributed by atoms with Crippen LogP contribution in [0, 0.1) is 19.8 Å². The fraction of sp³-hybridized carbons (Fsp3) is 0.545. The molecular formula is C22H33ClN4O2. The third-order valence-corrected chi connectivity index (χ3v) is 5.61. The van der Waals surface area contributed by atoms with E-state index in [4.69, 9.17) is 10.5 Å². The van der Waals surface area contributed by atoms with E-state index in [1.807, 2.05) is 27.7 Å². The number of halogens is 1. The highest BCUT2D eigenvalue weighted by molar-refractivity contribution is 5.85. The van der Waals surface area contributed by atoms with Gasteiger partial charge in [0.25, 0.3) is 0 Å². The second-order valence-electron chi connectivity index (χ2n) is 8.05. The van der Waals surface area contributed by atoms with E-state index in [1.54, 1.807) is 4.68 Å². The van der Waals surface area contributed by atoms with Gasteiger partial charge in [0.15, 0.2) is 0 Å². The van der Waals surface area contributed by atoms with E-state index in [9.17, 15) is 4.79 Å². The molecule has 2 aromatic rings. The number of aryl methyl sites for hydroxylation is 1. The molecule has 0 radical (unpaired) electrons. The highest BCUT2D eigenvalue weighted by atomic mass is 35.5. The molecule has 2 heterocycles. The van der Waals surface area contributed by atoms with Gasteiger partial charge in [-0.15, -0.1) is 12.4 Å². The van der Waals surface area contributed by atoms with Crippen molar-refractivity contribution in [3.8, 4) is 0 Å². The first-order valence-corrected chi connectivity index (χ1v) is 10.1. The van der Waals surface area contributed by atoms with Crippen molar-refractivity contribution in [1.82, 2.24) is 14.7 Å². The predicted octanol–water partition coefficient (Wildman–Crippen LogP) is 3.05. The van der Waals surface area contributed by atoms with Gasteiger partial charge in [-0.3, -0.25) is 14.4 Å². The van der Waals surface area contributed by atoms with Crippen molar-refractivity contribution in [1.29, 1.82) is 0 Å². The number of carbonyl (C=O) groups excluding carboxylic acids is 1. The Morgan fingerprint density at radius 2 is 1.93 bits per heavy atom. The average Bonchev–Trinajstić information content (AvgIpc) is 3.18. The molecule has 1 fully saturated rings. The van der Waals surface area contributed by atoms with Crippen LogP contribution in [0.15, 0.2) is 30.3 Å². The highest BCUT2D eigenvalue weighted by Crippen LogP contribution is 2.33. The first-order chi connectivity index (χ1) is 13.4. The number of esters is 1. The Bertz CT molecular complexity index is 807. The molecule has 1 aromatic carbocycles. The van der Waals surface area contributed by atoms with Gasteiger partial charge in [-0.2, -0.15) is 5.10 Å². The number of hydrogen-bond acceptors (Lipinski definition) is 5. The van der Waals surface area contributed by atoms with E-state index < -0.39 is 0 Å². The van der Waals surface area contributed by atoms with Gasteiger partial charge in [0.2, 0.25) is 0 Å². The number of carbonyl (C=O) groups is 1. The van der Waals surface area contributed by atoms with Gasteiger partial charge in [-0.25, -0.2) is 0 Å². The smallest absolute Gasteiger partial charge is 0.328 e. The number of hydrogen-bond donors (Lipinski definition) is 1. The van der Waals surface area contributed by atoms with Gasteiger partial charge in [0.1, 0.15) is 6.54 Å². The van der Waals surface area contributed by atoms with Crippen molar-refractivity contribution in [2.75, 3.05) is 19.6 Å². The van der Waals surface area contributed by atoms with Crippen molar-refractivity contribution in [2.24, 2.45) is 11.7 Å².